The van der Waals surface area contributed by atoms with Gasteiger partial charge in [-0.05, 0) is 91.5 Å². The Hall–Kier alpha value is -3.06. The molecule has 7 nitrogen and oxygen atoms in total. The van der Waals surface area contributed by atoms with Gasteiger partial charge in [0.05, 0.1) is 5.56 Å². The SMILES string of the molecule is C[C@H]1C2N(CC3CC3)CC23Cc2ccc(O)cc2C1(CCNC(=O)Nc1ccc(C(=O)O)cc1)C3. The van der Waals surface area contributed by atoms with Gasteiger partial charge in [-0.1, -0.05) is 13.0 Å². The molecule has 3 aliphatic carbocycles. The van der Waals surface area contributed by atoms with Crippen LogP contribution in [0, 0.1) is 17.3 Å². The second-order valence-electron chi connectivity index (χ2n) is 11.3. The molecule has 4 atom stereocenters. The minimum atomic E-state index is -0.993. The maximum absolute atomic E-state index is 12.6. The third kappa shape index (κ3) is 3.68. The molecule has 0 aromatic heterocycles. The Morgan fingerprint density at radius 3 is 2.63 bits per heavy atom. The number of hydrogen-bond acceptors (Lipinski definition) is 4. The van der Waals surface area contributed by atoms with Crippen LogP contribution in [0.1, 0.15) is 54.1 Å². The Bertz CT molecular complexity index is 1180. The number of carbonyl (C=O) groups is 2. The normalized spacial score (nSPS) is 30.7. The van der Waals surface area contributed by atoms with Crippen LogP contribution in [0.3, 0.4) is 0 Å². The number of likely N-dealkylation sites (tertiary alicyclic amines) is 1. The summed E-state index contributed by atoms with van der Waals surface area (Å²) in [4.78, 5) is 26.3. The molecule has 3 unspecified atom stereocenters. The number of amides is 2. The van der Waals surface area contributed by atoms with Gasteiger partial charge >= 0.3 is 12.0 Å². The highest BCUT2D eigenvalue weighted by Gasteiger charge is 2.69. The molecule has 4 N–H and O–H groups in total. The van der Waals surface area contributed by atoms with E-state index in [4.69, 9.17) is 5.11 Å². The number of rotatable bonds is 7. The largest absolute Gasteiger partial charge is 0.508 e. The van der Waals surface area contributed by atoms with E-state index in [-0.39, 0.29) is 17.0 Å². The Kier molecular flexibility index (Phi) is 5.11. The molecule has 1 heterocycles. The minimum absolute atomic E-state index is 0.0638. The molecule has 2 aromatic rings. The van der Waals surface area contributed by atoms with Crippen molar-refractivity contribution in [2.24, 2.45) is 17.3 Å². The van der Waals surface area contributed by atoms with Crippen LogP contribution in [0.25, 0.3) is 0 Å². The van der Waals surface area contributed by atoms with Gasteiger partial charge in [-0.3, -0.25) is 4.90 Å². The van der Waals surface area contributed by atoms with E-state index in [2.05, 4.69) is 28.5 Å². The third-order valence-corrected chi connectivity index (χ3v) is 9.16. The number of hydrogen-bond donors (Lipinski definition) is 4. The van der Waals surface area contributed by atoms with Crippen LogP contribution in [-0.4, -0.2) is 52.8 Å². The molecule has 184 valence electrons. The number of carboxylic acids is 1. The van der Waals surface area contributed by atoms with E-state index in [1.54, 1.807) is 12.1 Å². The number of anilines is 1. The number of phenolic OH excluding ortho intramolecular Hbond substituents is 1. The van der Waals surface area contributed by atoms with Crippen molar-refractivity contribution < 1.29 is 19.8 Å². The molecular formula is C28H33N3O4. The summed E-state index contributed by atoms with van der Waals surface area (Å²) in [6, 6.07) is 12.3. The Morgan fingerprint density at radius 1 is 1.14 bits per heavy atom. The number of aromatic carboxylic acids is 1. The number of carboxylic acid groups (broad SMARTS) is 1. The lowest BCUT2D eigenvalue weighted by Gasteiger charge is -2.56. The van der Waals surface area contributed by atoms with Gasteiger partial charge in [-0.25, -0.2) is 9.59 Å². The van der Waals surface area contributed by atoms with Crippen LogP contribution >= 0.6 is 0 Å². The van der Waals surface area contributed by atoms with Gasteiger partial charge in [0.2, 0.25) is 0 Å². The second-order valence-corrected chi connectivity index (χ2v) is 11.3. The predicted octanol–water partition coefficient (Wildman–Crippen LogP) is 4.22. The molecule has 0 radical (unpaired) electrons. The van der Waals surface area contributed by atoms with E-state index in [1.807, 2.05) is 12.1 Å². The molecular weight excluding hydrogens is 442 g/mol. The fraction of sp³-hybridized carbons (Fsp3) is 0.500. The lowest BCUT2D eigenvalue weighted by Crippen LogP contribution is -2.64. The average Bonchev–Trinajstić information content (AvgIpc) is 3.61. The van der Waals surface area contributed by atoms with Crippen LogP contribution in [0.4, 0.5) is 10.5 Å². The van der Waals surface area contributed by atoms with E-state index in [9.17, 15) is 14.7 Å². The van der Waals surface area contributed by atoms with Crippen molar-refractivity contribution >= 4 is 17.7 Å². The highest BCUT2D eigenvalue weighted by atomic mass is 16.4. The highest BCUT2D eigenvalue weighted by Crippen LogP contribution is 2.67. The summed E-state index contributed by atoms with van der Waals surface area (Å²) >= 11 is 0. The van der Waals surface area contributed by atoms with E-state index < -0.39 is 5.97 Å². The number of aromatic hydroxyl groups is 1. The standard InChI is InChI=1S/C28H33N3O4/c1-17-24-27(16-31(24)14-18-2-3-18)13-20-6-9-22(32)12-23(20)28(17,15-27)10-11-29-26(35)30-21-7-4-19(5-8-21)25(33)34/h4-9,12,17-18,24,32H,2-3,10-11,13-16H2,1H3,(H,33,34)(H2,29,30,35)/t17-,24?,27?,28?/m0/s1. The average molecular weight is 476 g/mol. The Labute approximate surface area is 205 Å². The van der Waals surface area contributed by atoms with Gasteiger partial charge in [0.1, 0.15) is 5.75 Å². The van der Waals surface area contributed by atoms with Crippen molar-refractivity contribution in [3.05, 3.63) is 59.2 Å². The molecule has 35 heavy (non-hydrogen) atoms. The zero-order valence-corrected chi connectivity index (χ0v) is 20.1. The molecule has 7 heteroatoms. The zero-order valence-electron chi connectivity index (χ0n) is 20.1. The lowest BCUT2D eigenvalue weighted by molar-refractivity contribution is -0.0692. The Morgan fingerprint density at radius 2 is 1.91 bits per heavy atom. The maximum Gasteiger partial charge on any atom is 0.335 e. The first kappa shape index (κ1) is 22.4. The van der Waals surface area contributed by atoms with Crippen molar-refractivity contribution in [1.29, 1.82) is 0 Å². The highest BCUT2D eigenvalue weighted by molar-refractivity contribution is 5.91. The first-order chi connectivity index (χ1) is 16.8. The first-order valence-corrected chi connectivity index (χ1v) is 12.7. The van der Waals surface area contributed by atoms with Crippen molar-refractivity contribution in [2.75, 3.05) is 25.0 Å². The Balaban J connectivity index is 1.18. The van der Waals surface area contributed by atoms with Gasteiger partial charge in [-0.2, -0.15) is 0 Å². The topological polar surface area (TPSA) is 102 Å². The van der Waals surface area contributed by atoms with Gasteiger partial charge in [0.25, 0.3) is 0 Å². The number of fused-ring (bicyclic) bond motifs is 3. The second kappa shape index (κ2) is 7.98. The number of benzene rings is 2. The smallest absolute Gasteiger partial charge is 0.335 e. The fourth-order valence-corrected chi connectivity index (χ4v) is 7.63. The van der Waals surface area contributed by atoms with Gasteiger partial charge in [-0.15, -0.1) is 0 Å². The van der Waals surface area contributed by atoms with Crippen LogP contribution in [0.5, 0.6) is 5.75 Å². The third-order valence-electron chi connectivity index (χ3n) is 9.16. The summed E-state index contributed by atoms with van der Waals surface area (Å²) in [7, 11) is 0. The summed E-state index contributed by atoms with van der Waals surface area (Å²) in [5, 5.41) is 25.2. The minimum Gasteiger partial charge on any atom is -0.508 e. The molecule has 4 aliphatic rings. The maximum atomic E-state index is 12.6. The van der Waals surface area contributed by atoms with Crippen LogP contribution in [0.2, 0.25) is 0 Å². The van der Waals surface area contributed by atoms with Crippen molar-refractivity contribution in [3.63, 3.8) is 0 Å². The monoisotopic (exact) mass is 475 g/mol. The van der Waals surface area contributed by atoms with Gasteiger partial charge in [0, 0.05) is 42.2 Å². The summed E-state index contributed by atoms with van der Waals surface area (Å²) in [6.45, 7) is 5.30. The zero-order chi connectivity index (χ0) is 24.4. The van der Waals surface area contributed by atoms with E-state index in [1.165, 1.54) is 49.2 Å². The quantitative estimate of drug-likeness (QED) is 0.480. The van der Waals surface area contributed by atoms with Crippen molar-refractivity contribution in [3.8, 4) is 5.75 Å². The molecule has 2 saturated carbocycles. The number of nitrogens with zero attached hydrogens (tertiary/aromatic N) is 1. The first-order valence-electron chi connectivity index (χ1n) is 12.7. The van der Waals surface area contributed by atoms with Gasteiger partial charge in [0.15, 0.2) is 0 Å². The molecule has 1 spiro atoms. The fourth-order valence-electron chi connectivity index (χ4n) is 7.63. The lowest BCUT2D eigenvalue weighted by atomic mass is 9.61. The molecule has 2 amide bonds. The molecule has 6 rings (SSSR count). The number of phenols is 1. The van der Waals surface area contributed by atoms with E-state index in [0.29, 0.717) is 35.4 Å². The summed E-state index contributed by atoms with van der Waals surface area (Å²) in [6.07, 6.45) is 5.75. The van der Waals surface area contributed by atoms with Crippen LogP contribution in [-0.2, 0) is 11.8 Å². The summed E-state index contributed by atoms with van der Waals surface area (Å²) in [5.41, 5.74) is 3.61. The molecule has 2 aromatic carbocycles. The van der Waals surface area contributed by atoms with E-state index in [0.717, 1.165) is 25.2 Å². The predicted molar refractivity (Wildman–Crippen MR) is 133 cm³/mol. The molecule has 2 bridgehead atoms. The number of carbonyl (C=O) groups excluding carboxylic acids is 1. The number of nitrogens with one attached hydrogen (secondary N) is 2. The molecule has 1 aliphatic heterocycles. The summed E-state index contributed by atoms with van der Waals surface area (Å²) < 4.78 is 0. The molecule has 1 saturated heterocycles. The summed E-state index contributed by atoms with van der Waals surface area (Å²) in [5.74, 6) is 0.645. The number of urea groups is 1. The van der Waals surface area contributed by atoms with Crippen LogP contribution < -0.4 is 10.6 Å². The van der Waals surface area contributed by atoms with Gasteiger partial charge < -0.3 is 20.8 Å². The van der Waals surface area contributed by atoms with Crippen molar-refractivity contribution in [1.82, 2.24) is 10.2 Å². The van der Waals surface area contributed by atoms with Crippen LogP contribution in [0.15, 0.2) is 42.5 Å². The molecule has 3 fully saturated rings. The van der Waals surface area contributed by atoms with Crippen molar-refractivity contribution in [2.45, 2.75) is 50.5 Å². The van der Waals surface area contributed by atoms with E-state index >= 15 is 0 Å².